The topological polar surface area (TPSA) is 50.3 Å². The number of fused-ring (bicyclic) bond motifs is 1. The normalized spacial score (nSPS) is 15.4. The Kier molecular flexibility index (Phi) is 4.01. The van der Waals surface area contributed by atoms with Crippen LogP contribution in [-0.2, 0) is 4.79 Å². The van der Waals surface area contributed by atoms with Gasteiger partial charge in [-0.1, -0.05) is 17.7 Å². The Labute approximate surface area is 139 Å². The molecule has 0 bridgehead atoms. The highest BCUT2D eigenvalue weighted by molar-refractivity contribution is 6.42. The number of aromatic nitrogens is 1. The largest absolute Gasteiger partial charge is 0.305 e. The minimum Gasteiger partial charge on any atom is -0.305 e. The van der Waals surface area contributed by atoms with Gasteiger partial charge in [-0.25, -0.2) is 0 Å². The van der Waals surface area contributed by atoms with E-state index in [1.165, 1.54) is 12.3 Å². The fourth-order valence-corrected chi connectivity index (χ4v) is 2.97. The molecule has 0 saturated carbocycles. The monoisotopic (exact) mass is 326 g/mol. The first-order chi connectivity index (χ1) is 11.0. The maximum Gasteiger partial charge on any atom is 0.259 e. The van der Waals surface area contributed by atoms with Crippen LogP contribution in [0.1, 0.15) is 29.8 Å². The van der Waals surface area contributed by atoms with Crippen LogP contribution in [0.4, 0.5) is 5.69 Å². The number of rotatable bonds is 3. The second kappa shape index (κ2) is 5.97. The molecule has 0 unspecified atom stereocenters. The van der Waals surface area contributed by atoms with Crippen molar-refractivity contribution in [1.82, 2.24) is 4.98 Å². The summed E-state index contributed by atoms with van der Waals surface area (Å²) in [7, 11) is 0. The summed E-state index contributed by atoms with van der Waals surface area (Å²) in [5, 5.41) is 0.462. The summed E-state index contributed by atoms with van der Waals surface area (Å²) >= 11 is 6.29. The van der Waals surface area contributed by atoms with Crippen molar-refractivity contribution in [2.75, 3.05) is 4.90 Å². The highest BCUT2D eigenvalue weighted by atomic mass is 35.5. The molecule has 1 aliphatic heterocycles. The van der Waals surface area contributed by atoms with Crippen LogP contribution < -0.4 is 4.90 Å². The summed E-state index contributed by atoms with van der Waals surface area (Å²) in [5.74, 6) is -0.474. The molecule has 5 heteroatoms. The van der Waals surface area contributed by atoms with E-state index in [0.717, 1.165) is 5.69 Å². The maximum atomic E-state index is 12.8. The van der Waals surface area contributed by atoms with Gasteiger partial charge in [-0.2, -0.15) is 0 Å². The van der Waals surface area contributed by atoms with Crippen molar-refractivity contribution >= 4 is 34.6 Å². The Morgan fingerprint density at radius 1 is 1.26 bits per heavy atom. The van der Waals surface area contributed by atoms with Crippen molar-refractivity contribution in [3.05, 3.63) is 65.0 Å². The average Bonchev–Trinajstić information content (AvgIpc) is 2.81. The first-order valence-corrected chi connectivity index (χ1v) is 7.67. The van der Waals surface area contributed by atoms with Crippen LogP contribution in [0.5, 0.6) is 0 Å². The van der Waals surface area contributed by atoms with Crippen LogP contribution in [-0.4, -0.2) is 22.7 Å². The lowest BCUT2D eigenvalue weighted by atomic mass is 10.0. The number of ketones is 1. The molecule has 23 heavy (non-hydrogen) atoms. The number of anilines is 1. The van der Waals surface area contributed by atoms with Crippen molar-refractivity contribution in [1.29, 1.82) is 0 Å². The number of benzene rings is 1. The van der Waals surface area contributed by atoms with Gasteiger partial charge < -0.3 is 4.90 Å². The van der Waals surface area contributed by atoms with Gasteiger partial charge in [-0.15, -0.1) is 0 Å². The summed E-state index contributed by atoms with van der Waals surface area (Å²) < 4.78 is 0. The van der Waals surface area contributed by atoms with E-state index in [9.17, 15) is 9.59 Å². The lowest BCUT2D eigenvalue weighted by molar-refractivity contribution is -0.113. The summed E-state index contributed by atoms with van der Waals surface area (Å²) in [6, 6.07) is 8.69. The lowest BCUT2D eigenvalue weighted by Crippen LogP contribution is -2.33. The van der Waals surface area contributed by atoms with Gasteiger partial charge in [0.2, 0.25) is 0 Å². The molecule has 2 heterocycles. The third-order valence-electron chi connectivity index (χ3n) is 3.71. The molecule has 4 nitrogen and oxygen atoms in total. The SMILES string of the molecule is CC(C)N1C(=O)C(=CC(=O)c2cccnc2)c2c(Cl)cccc21. The van der Waals surface area contributed by atoms with Crippen molar-refractivity contribution in [2.45, 2.75) is 19.9 Å². The van der Waals surface area contributed by atoms with Crippen LogP contribution in [0.3, 0.4) is 0 Å². The Balaban J connectivity index is 2.12. The molecule has 0 saturated heterocycles. The molecule has 0 fully saturated rings. The first kappa shape index (κ1) is 15.4. The van der Waals surface area contributed by atoms with E-state index in [2.05, 4.69) is 4.98 Å². The van der Waals surface area contributed by atoms with Crippen LogP contribution in [0.15, 0.2) is 48.8 Å². The third-order valence-corrected chi connectivity index (χ3v) is 4.02. The fraction of sp³-hybridized carbons (Fsp3) is 0.167. The van der Waals surface area contributed by atoms with Crippen LogP contribution >= 0.6 is 11.6 Å². The number of carbonyl (C=O) groups is 2. The number of hydrogen-bond acceptors (Lipinski definition) is 3. The highest BCUT2D eigenvalue weighted by Gasteiger charge is 2.35. The molecule has 0 aliphatic carbocycles. The zero-order valence-corrected chi connectivity index (χ0v) is 13.5. The number of halogens is 1. The molecule has 1 aliphatic rings. The number of carbonyl (C=O) groups excluding carboxylic acids is 2. The molecular formula is C18H15ClN2O2. The third kappa shape index (κ3) is 2.66. The zero-order valence-electron chi connectivity index (χ0n) is 12.8. The second-order valence-electron chi connectivity index (χ2n) is 5.57. The van der Waals surface area contributed by atoms with E-state index < -0.39 is 0 Å². The Bertz CT molecular complexity index is 813. The van der Waals surface area contributed by atoms with Crippen LogP contribution in [0, 0.1) is 0 Å². The van der Waals surface area contributed by atoms with Crippen LogP contribution in [0.2, 0.25) is 5.02 Å². The number of hydrogen-bond donors (Lipinski definition) is 0. The summed E-state index contributed by atoms with van der Waals surface area (Å²) in [6.45, 7) is 3.85. The highest BCUT2D eigenvalue weighted by Crippen LogP contribution is 2.42. The molecule has 1 aromatic heterocycles. The molecule has 0 N–H and O–H groups in total. The molecule has 0 atom stereocenters. The van der Waals surface area contributed by atoms with E-state index >= 15 is 0 Å². The van der Waals surface area contributed by atoms with E-state index in [1.807, 2.05) is 19.9 Å². The molecule has 1 aromatic carbocycles. The smallest absolute Gasteiger partial charge is 0.259 e. The predicted octanol–water partition coefficient (Wildman–Crippen LogP) is 3.76. The lowest BCUT2D eigenvalue weighted by Gasteiger charge is -2.21. The van der Waals surface area contributed by atoms with E-state index in [1.54, 1.807) is 35.4 Å². The molecule has 1 amide bonds. The molecule has 2 aromatic rings. The van der Waals surface area contributed by atoms with Gasteiger partial charge >= 0.3 is 0 Å². The minimum atomic E-state index is -0.266. The van der Waals surface area contributed by atoms with Gasteiger partial charge in [0.15, 0.2) is 5.78 Å². The quantitative estimate of drug-likeness (QED) is 0.637. The maximum absolute atomic E-state index is 12.8. The Morgan fingerprint density at radius 3 is 2.70 bits per heavy atom. The zero-order chi connectivity index (χ0) is 16.6. The van der Waals surface area contributed by atoms with Gasteiger partial charge in [-0.05, 0) is 44.2 Å². The van der Waals surface area contributed by atoms with Crippen LogP contribution in [0.25, 0.3) is 5.57 Å². The van der Waals surface area contributed by atoms with E-state index in [4.69, 9.17) is 11.6 Å². The molecule has 0 radical (unpaired) electrons. The molecular weight excluding hydrogens is 312 g/mol. The molecule has 0 spiro atoms. The van der Waals surface area contributed by atoms with Gasteiger partial charge in [0.25, 0.3) is 5.91 Å². The number of nitrogens with zero attached hydrogens (tertiary/aromatic N) is 2. The fourth-order valence-electron chi connectivity index (χ4n) is 2.70. The Hall–Kier alpha value is -2.46. The second-order valence-corrected chi connectivity index (χ2v) is 5.97. The number of amides is 1. The number of pyridine rings is 1. The minimum absolute atomic E-state index is 0.0286. The van der Waals surface area contributed by atoms with Crippen molar-refractivity contribution < 1.29 is 9.59 Å². The summed E-state index contributed by atoms with van der Waals surface area (Å²) in [4.78, 5) is 30.8. The molecule has 3 rings (SSSR count). The van der Waals surface area contributed by atoms with Crippen molar-refractivity contribution in [3.8, 4) is 0 Å². The van der Waals surface area contributed by atoms with E-state index in [0.29, 0.717) is 21.7 Å². The van der Waals surface area contributed by atoms with Crippen molar-refractivity contribution in [3.63, 3.8) is 0 Å². The van der Waals surface area contributed by atoms with Gasteiger partial charge in [-0.3, -0.25) is 14.6 Å². The van der Waals surface area contributed by atoms with Gasteiger partial charge in [0, 0.05) is 29.6 Å². The number of allylic oxidation sites excluding steroid dienone is 1. The standard InChI is InChI=1S/C18H15ClN2O2/c1-11(2)21-15-7-3-6-14(19)17(15)13(18(21)23)9-16(22)12-5-4-8-20-10-12/h3-11H,1-2H3. The Morgan fingerprint density at radius 2 is 2.04 bits per heavy atom. The summed E-state index contributed by atoms with van der Waals surface area (Å²) in [5.41, 5.74) is 2.12. The van der Waals surface area contributed by atoms with Gasteiger partial charge in [0.1, 0.15) is 0 Å². The van der Waals surface area contributed by atoms with Crippen molar-refractivity contribution in [2.24, 2.45) is 0 Å². The van der Waals surface area contributed by atoms with E-state index in [-0.39, 0.29) is 17.7 Å². The predicted molar refractivity (Wildman–Crippen MR) is 90.6 cm³/mol. The molecule has 116 valence electrons. The average molecular weight is 327 g/mol. The summed E-state index contributed by atoms with van der Waals surface area (Å²) in [6.07, 6.45) is 4.43. The van der Waals surface area contributed by atoms with Gasteiger partial charge in [0.05, 0.1) is 16.3 Å². The first-order valence-electron chi connectivity index (χ1n) is 7.29.